The second-order valence-corrected chi connectivity index (χ2v) is 1.67. The van der Waals surface area contributed by atoms with E-state index in [0.29, 0.717) is 5.75 Å². The number of hydrogen-bond donors (Lipinski definition) is 1. The van der Waals surface area contributed by atoms with Crippen LogP contribution in [0.25, 0.3) is 0 Å². The van der Waals surface area contributed by atoms with Gasteiger partial charge in [0.05, 0.1) is 11.7 Å². The van der Waals surface area contributed by atoms with Gasteiger partial charge < -0.3 is 9.90 Å². The number of rotatable bonds is 3. The fraction of sp³-hybridized carbons (Fsp3) is 0.667. The third kappa shape index (κ3) is 3.98. The number of aliphatic hydroxyl groups is 1. The van der Waals surface area contributed by atoms with Crippen molar-refractivity contribution in [1.82, 2.24) is 0 Å². The van der Waals surface area contributed by atoms with E-state index in [2.05, 4.69) is 0 Å². The Bertz CT molecular complexity index is 37.8. The van der Waals surface area contributed by atoms with E-state index in [4.69, 9.17) is 5.11 Å². The predicted molar refractivity (Wildman–Crippen MR) is 25.6 cm³/mol. The van der Waals surface area contributed by atoms with E-state index in [0.717, 1.165) is 6.29 Å². The first kappa shape index (κ1) is 5.98. The summed E-state index contributed by atoms with van der Waals surface area (Å²) >= 11 is 1.20. The lowest BCUT2D eigenvalue weighted by Gasteiger charge is -1.80. The van der Waals surface area contributed by atoms with Crippen molar-refractivity contribution in [3.8, 4) is 0 Å². The summed E-state index contributed by atoms with van der Waals surface area (Å²) in [7, 11) is 0. The Kier molecular flexibility index (Phi) is 4.96. The van der Waals surface area contributed by atoms with E-state index in [1.807, 2.05) is 0 Å². The largest absolute Gasteiger partial charge is 0.386 e. The van der Waals surface area contributed by atoms with E-state index in [-0.39, 0.29) is 5.94 Å². The maximum absolute atomic E-state index is 9.43. The first-order valence-electron chi connectivity index (χ1n) is 1.54. The van der Waals surface area contributed by atoms with Crippen molar-refractivity contribution in [3.05, 3.63) is 0 Å². The monoisotopic (exact) mass is 106 g/mol. The Hall–Kier alpha value is -0.0200. The molecule has 0 radical (unpaired) electrons. The van der Waals surface area contributed by atoms with Crippen LogP contribution in [0.15, 0.2) is 0 Å². The van der Waals surface area contributed by atoms with Crippen LogP contribution in [0.4, 0.5) is 0 Å². The molecule has 0 aromatic heterocycles. The molecule has 0 aromatic rings. The molecule has 6 heavy (non-hydrogen) atoms. The van der Waals surface area contributed by atoms with Gasteiger partial charge in [-0.15, -0.1) is 11.8 Å². The SMILES string of the molecule is O=CCSCO. The second kappa shape index (κ2) is 4.98. The summed E-state index contributed by atoms with van der Waals surface area (Å²) < 4.78 is 0. The molecule has 36 valence electrons. The molecule has 0 aliphatic rings. The van der Waals surface area contributed by atoms with Gasteiger partial charge in [-0.1, -0.05) is 0 Å². The van der Waals surface area contributed by atoms with Crippen LogP contribution in [0.2, 0.25) is 0 Å². The highest BCUT2D eigenvalue weighted by atomic mass is 32.2. The van der Waals surface area contributed by atoms with Gasteiger partial charge in [0.2, 0.25) is 0 Å². The van der Waals surface area contributed by atoms with Crippen molar-refractivity contribution >= 4 is 18.0 Å². The number of hydrogen-bond acceptors (Lipinski definition) is 3. The van der Waals surface area contributed by atoms with Gasteiger partial charge in [0.25, 0.3) is 0 Å². The summed E-state index contributed by atoms with van der Waals surface area (Å²) in [4.78, 5) is 9.43. The highest BCUT2D eigenvalue weighted by molar-refractivity contribution is 7.99. The molecule has 0 atom stereocenters. The molecular formula is C3H6O2S. The molecule has 0 amide bonds. The highest BCUT2D eigenvalue weighted by Gasteiger charge is 1.75. The number of carbonyl (C=O) groups excluding carboxylic acids is 1. The molecule has 0 bridgehead atoms. The standard InChI is InChI=1S/C3H6O2S/c4-1-2-6-3-5/h1,5H,2-3H2. The van der Waals surface area contributed by atoms with Crippen molar-refractivity contribution in [2.45, 2.75) is 0 Å². The quantitative estimate of drug-likeness (QED) is 0.309. The molecule has 0 aliphatic carbocycles. The summed E-state index contributed by atoms with van der Waals surface area (Å²) in [5, 5.41) is 8.00. The van der Waals surface area contributed by atoms with Crippen LogP contribution >= 0.6 is 11.8 Å². The van der Waals surface area contributed by atoms with Gasteiger partial charge in [-0.2, -0.15) is 0 Å². The predicted octanol–water partition coefficient (Wildman–Crippen LogP) is -0.132. The highest BCUT2D eigenvalue weighted by Crippen LogP contribution is 1.89. The van der Waals surface area contributed by atoms with Crippen molar-refractivity contribution in [1.29, 1.82) is 0 Å². The third-order valence-electron chi connectivity index (χ3n) is 0.277. The molecule has 0 spiro atoms. The van der Waals surface area contributed by atoms with E-state index < -0.39 is 0 Å². The normalized spacial score (nSPS) is 8.17. The first-order valence-corrected chi connectivity index (χ1v) is 2.69. The Balaban J connectivity index is 2.49. The molecule has 0 saturated heterocycles. The fourth-order valence-corrected chi connectivity index (χ4v) is 0.302. The lowest BCUT2D eigenvalue weighted by atomic mass is 10.9. The van der Waals surface area contributed by atoms with Crippen molar-refractivity contribution in [3.63, 3.8) is 0 Å². The van der Waals surface area contributed by atoms with Gasteiger partial charge in [0, 0.05) is 0 Å². The molecule has 3 heteroatoms. The number of carbonyl (C=O) groups is 1. The minimum absolute atomic E-state index is 0.0404. The Labute approximate surface area is 40.5 Å². The van der Waals surface area contributed by atoms with Crippen LogP contribution in [0.5, 0.6) is 0 Å². The van der Waals surface area contributed by atoms with Crippen molar-refractivity contribution < 1.29 is 9.90 Å². The van der Waals surface area contributed by atoms with Gasteiger partial charge in [-0.25, -0.2) is 0 Å². The summed E-state index contributed by atoms with van der Waals surface area (Å²) in [6.07, 6.45) is 0.765. The molecule has 0 heterocycles. The molecular weight excluding hydrogens is 100 g/mol. The zero-order valence-electron chi connectivity index (χ0n) is 3.26. The molecule has 0 aromatic carbocycles. The fourth-order valence-electron chi connectivity index (χ4n) is 0.101. The maximum atomic E-state index is 9.43. The zero-order valence-corrected chi connectivity index (χ0v) is 4.07. The average molecular weight is 106 g/mol. The summed E-state index contributed by atoms with van der Waals surface area (Å²) in [6, 6.07) is 0. The Morgan fingerprint density at radius 2 is 2.50 bits per heavy atom. The van der Waals surface area contributed by atoms with Gasteiger partial charge in [-0.05, 0) is 0 Å². The van der Waals surface area contributed by atoms with Gasteiger partial charge in [0.1, 0.15) is 6.29 Å². The second-order valence-electron chi connectivity index (χ2n) is 0.667. The average Bonchev–Trinajstić information content (AvgIpc) is 1.61. The van der Waals surface area contributed by atoms with Crippen LogP contribution < -0.4 is 0 Å². The number of thioether (sulfide) groups is 1. The molecule has 0 unspecified atom stereocenters. The zero-order chi connectivity index (χ0) is 4.83. The maximum Gasteiger partial charge on any atom is 0.129 e. The summed E-state index contributed by atoms with van der Waals surface area (Å²) in [6.45, 7) is 0. The van der Waals surface area contributed by atoms with Crippen LogP contribution in [0.1, 0.15) is 0 Å². The van der Waals surface area contributed by atoms with E-state index >= 15 is 0 Å². The lowest BCUT2D eigenvalue weighted by Crippen LogP contribution is -1.78. The van der Waals surface area contributed by atoms with Crippen molar-refractivity contribution in [2.75, 3.05) is 11.7 Å². The molecule has 0 aliphatic heterocycles. The minimum Gasteiger partial charge on any atom is -0.386 e. The Morgan fingerprint density at radius 3 is 2.67 bits per heavy atom. The summed E-state index contributed by atoms with van der Waals surface area (Å²) in [5.74, 6) is 0.440. The van der Waals surface area contributed by atoms with Gasteiger partial charge in [-0.3, -0.25) is 0 Å². The molecule has 0 fully saturated rings. The van der Waals surface area contributed by atoms with Crippen LogP contribution in [-0.2, 0) is 4.79 Å². The molecule has 0 saturated carbocycles. The van der Waals surface area contributed by atoms with E-state index in [1.54, 1.807) is 0 Å². The minimum atomic E-state index is 0.0404. The van der Waals surface area contributed by atoms with Gasteiger partial charge in [0.15, 0.2) is 0 Å². The van der Waals surface area contributed by atoms with Crippen LogP contribution in [0, 0.1) is 0 Å². The van der Waals surface area contributed by atoms with Crippen LogP contribution in [-0.4, -0.2) is 23.1 Å². The third-order valence-corrected chi connectivity index (χ3v) is 0.832. The van der Waals surface area contributed by atoms with Crippen LogP contribution in [0.3, 0.4) is 0 Å². The number of aldehydes is 1. The van der Waals surface area contributed by atoms with Gasteiger partial charge >= 0.3 is 0 Å². The molecule has 1 N–H and O–H groups in total. The lowest BCUT2D eigenvalue weighted by molar-refractivity contribution is -0.105. The molecule has 0 rings (SSSR count). The smallest absolute Gasteiger partial charge is 0.129 e. The topological polar surface area (TPSA) is 37.3 Å². The summed E-state index contributed by atoms with van der Waals surface area (Å²) in [5.41, 5.74) is 0. The molecule has 2 nitrogen and oxygen atoms in total. The Morgan fingerprint density at radius 1 is 1.83 bits per heavy atom. The van der Waals surface area contributed by atoms with E-state index in [1.165, 1.54) is 11.8 Å². The van der Waals surface area contributed by atoms with E-state index in [9.17, 15) is 4.79 Å². The number of aliphatic hydroxyl groups excluding tert-OH is 1. The van der Waals surface area contributed by atoms with Crippen molar-refractivity contribution in [2.24, 2.45) is 0 Å². The first-order chi connectivity index (χ1) is 2.91.